The average molecular weight is 294 g/mol. The van der Waals surface area contributed by atoms with Gasteiger partial charge in [-0.3, -0.25) is 9.80 Å². The molecule has 2 aliphatic rings. The zero-order valence-corrected chi connectivity index (χ0v) is 12.9. The van der Waals surface area contributed by atoms with Gasteiger partial charge < -0.3 is 5.73 Å². The number of likely N-dealkylation sites (tertiary alicyclic amines) is 1. The molecule has 0 aromatic heterocycles. The molecule has 0 spiro atoms. The van der Waals surface area contributed by atoms with E-state index in [1.54, 1.807) is 0 Å². The van der Waals surface area contributed by atoms with Gasteiger partial charge in [-0.25, -0.2) is 0 Å². The predicted octanol–water partition coefficient (Wildman–Crippen LogP) is 2.34. The predicted molar refractivity (Wildman–Crippen MR) is 83.9 cm³/mol. The van der Waals surface area contributed by atoms with E-state index in [1.807, 2.05) is 12.1 Å². The summed E-state index contributed by atoms with van der Waals surface area (Å²) in [5, 5.41) is 0.809. The first kappa shape index (κ1) is 14.3. The second kappa shape index (κ2) is 5.64. The second-order valence-electron chi connectivity index (χ2n) is 6.37. The molecule has 1 unspecified atom stereocenters. The van der Waals surface area contributed by atoms with Crippen molar-refractivity contribution in [1.82, 2.24) is 9.80 Å². The molecule has 1 aliphatic carbocycles. The lowest BCUT2D eigenvalue weighted by Crippen LogP contribution is -2.53. The Labute approximate surface area is 126 Å². The van der Waals surface area contributed by atoms with Crippen LogP contribution in [0.2, 0.25) is 5.02 Å². The van der Waals surface area contributed by atoms with Gasteiger partial charge in [0.05, 0.1) is 0 Å². The van der Waals surface area contributed by atoms with Crippen LogP contribution in [-0.4, -0.2) is 48.1 Å². The van der Waals surface area contributed by atoms with Crippen molar-refractivity contribution in [2.75, 3.05) is 26.7 Å². The van der Waals surface area contributed by atoms with E-state index in [-0.39, 0.29) is 5.54 Å². The van der Waals surface area contributed by atoms with Gasteiger partial charge in [0, 0.05) is 42.8 Å². The number of halogens is 1. The highest BCUT2D eigenvalue weighted by molar-refractivity contribution is 6.30. The first-order valence-corrected chi connectivity index (χ1v) is 7.90. The third-order valence-corrected chi connectivity index (χ3v) is 5.16. The molecule has 1 aliphatic heterocycles. The van der Waals surface area contributed by atoms with E-state index in [0.29, 0.717) is 0 Å². The van der Waals surface area contributed by atoms with E-state index < -0.39 is 0 Å². The van der Waals surface area contributed by atoms with Gasteiger partial charge in [0.15, 0.2) is 0 Å². The molecule has 2 N–H and O–H groups in total. The first-order valence-electron chi connectivity index (χ1n) is 7.53. The number of hydrogen-bond acceptors (Lipinski definition) is 3. The molecule has 20 heavy (non-hydrogen) atoms. The fourth-order valence-electron chi connectivity index (χ4n) is 3.35. The lowest BCUT2D eigenvalue weighted by Gasteiger charge is -2.38. The standard InChI is InChI=1S/C16H24ClN3/c1-19(10-13-3-2-4-14(17)9-13)16(11-18)7-8-20(12-16)15-5-6-15/h2-4,9,15H,5-8,10-12,18H2,1H3. The number of nitrogens with two attached hydrogens (primary N) is 1. The van der Waals surface area contributed by atoms with E-state index in [1.165, 1.54) is 31.4 Å². The van der Waals surface area contributed by atoms with Crippen LogP contribution in [0.3, 0.4) is 0 Å². The molecule has 1 aromatic rings. The van der Waals surface area contributed by atoms with Gasteiger partial charge in [-0.2, -0.15) is 0 Å². The summed E-state index contributed by atoms with van der Waals surface area (Å²) >= 11 is 6.08. The van der Waals surface area contributed by atoms with Crippen molar-refractivity contribution >= 4 is 11.6 Å². The zero-order valence-electron chi connectivity index (χ0n) is 12.2. The van der Waals surface area contributed by atoms with Crippen LogP contribution >= 0.6 is 11.6 Å². The maximum absolute atomic E-state index is 6.14. The quantitative estimate of drug-likeness (QED) is 0.904. The molecule has 2 fully saturated rings. The summed E-state index contributed by atoms with van der Waals surface area (Å²) in [6.45, 7) is 3.95. The number of benzene rings is 1. The Balaban J connectivity index is 1.69. The fourth-order valence-corrected chi connectivity index (χ4v) is 3.56. The lowest BCUT2D eigenvalue weighted by atomic mass is 9.96. The first-order chi connectivity index (χ1) is 9.63. The molecule has 110 valence electrons. The van der Waals surface area contributed by atoms with Crippen LogP contribution in [0.15, 0.2) is 24.3 Å². The summed E-state index contributed by atoms with van der Waals surface area (Å²) in [4.78, 5) is 5.06. The van der Waals surface area contributed by atoms with Crippen molar-refractivity contribution < 1.29 is 0 Å². The molecule has 0 radical (unpaired) electrons. The van der Waals surface area contributed by atoms with Crippen LogP contribution in [-0.2, 0) is 6.54 Å². The monoisotopic (exact) mass is 293 g/mol. The average Bonchev–Trinajstić information content (AvgIpc) is 3.18. The van der Waals surface area contributed by atoms with Crippen LogP contribution in [0.5, 0.6) is 0 Å². The van der Waals surface area contributed by atoms with Gasteiger partial charge in [-0.1, -0.05) is 23.7 Å². The van der Waals surface area contributed by atoms with Gasteiger partial charge >= 0.3 is 0 Å². The molecule has 1 aromatic carbocycles. The number of likely N-dealkylation sites (N-methyl/N-ethyl adjacent to an activating group) is 1. The third-order valence-electron chi connectivity index (χ3n) is 4.92. The topological polar surface area (TPSA) is 32.5 Å². The lowest BCUT2D eigenvalue weighted by molar-refractivity contribution is 0.120. The van der Waals surface area contributed by atoms with Crippen LogP contribution < -0.4 is 5.73 Å². The van der Waals surface area contributed by atoms with E-state index in [2.05, 4.69) is 29.0 Å². The van der Waals surface area contributed by atoms with E-state index >= 15 is 0 Å². The summed E-state index contributed by atoms with van der Waals surface area (Å²) < 4.78 is 0. The Hall–Kier alpha value is -0.610. The van der Waals surface area contributed by atoms with Crippen molar-refractivity contribution in [3.8, 4) is 0 Å². The maximum atomic E-state index is 6.14. The van der Waals surface area contributed by atoms with E-state index in [9.17, 15) is 0 Å². The van der Waals surface area contributed by atoms with Crippen LogP contribution in [0.1, 0.15) is 24.8 Å². The van der Waals surface area contributed by atoms with Crippen molar-refractivity contribution in [3.63, 3.8) is 0 Å². The minimum Gasteiger partial charge on any atom is -0.329 e. The number of rotatable bonds is 5. The van der Waals surface area contributed by atoms with Crippen LogP contribution in [0.25, 0.3) is 0 Å². The molecule has 3 rings (SSSR count). The normalized spacial score (nSPS) is 27.4. The molecule has 1 saturated carbocycles. The van der Waals surface area contributed by atoms with Crippen molar-refractivity contribution in [1.29, 1.82) is 0 Å². The molecular formula is C16H24ClN3. The largest absolute Gasteiger partial charge is 0.329 e. The third kappa shape index (κ3) is 2.86. The van der Waals surface area contributed by atoms with Gasteiger partial charge in [0.25, 0.3) is 0 Å². The highest BCUT2D eigenvalue weighted by atomic mass is 35.5. The summed E-state index contributed by atoms with van der Waals surface area (Å²) in [7, 11) is 2.20. The summed E-state index contributed by atoms with van der Waals surface area (Å²) in [5.74, 6) is 0. The summed E-state index contributed by atoms with van der Waals surface area (Å²) in [6, 6.07) is 8.97. The second-order valence-corrected chi connectivity index (χ2v) is 6.80. The van der Waals surface area contributed by atoms with Crippen LogP contribution in [0, 0.1) is 0 Å². The fraction of sp³-hybridized carbons (Fsp3) is 0.625. The number of nitrogens with zero attached hydrogens (tertiary/aromatic N) is 2. The van der Waals surface area contributed by atoms with Crippen molar-refractivity contribution in [3.05, 3.63) is 34.9 Å². The Morgan fingerprint density at radius 3 is 2.90 bits per heavy atom. The molecule has 0 amide bonds. The highest BCUT2D eigenvalue weighted by Crippen LogP contribution is 2.35. The van der Waals surface area contributed by atoms with Gasteiger partial charge in [0.2, 0.25) is 0 Å². The molecule has 3 nitrogen and oxygen atoms in total. The van der Waals surface area contributed by atoms with E-state index in [4.69, 9.17) is 17.3 Å². The SMILES string of the molecule is CN(Cc1cccc(Cl)c1)C1(CN)CCN(C2CC2)C1. The smallest absolute Gasteiger partial charge is 0.0471 e. The van der Waals surface area contributed by atoms with Gasteiger partial charge in [-0.05, 0) is 44.0 Å². The van der Waals surface area contributed by atoms with Gasteiger partial charge in [0.1, 0.15) is 0 Å². The summed E-state index contributed by atoms with van der Waals surface area (Å²) in [5.41, 5.74) is 7.53. The Morgan fingerprint density at radius 2 is 2.25 bits per heavy atom. The Morgan fingerprint density at radius 1 is 1.45 bits per heavy atom. The molecular weight excluding hydrogens is 270 g/mol. The van der Waals surface area contributed by atoms with Crippen molar-refractivity contribution in [2.45, 2.75) is 37.4 Å². The zero-order chi connectivity index (χ0) is 14.2. The minimum atomic E-state index is 0.130. The van der Waals surface area contributed by atoms with Gasteiger partial charge in [-0.15, -0.1) is 0 Å². The highest BCUT2D eigenvalue weighted by Gasteiger charge is 2.44. The van der Waals surface area contributed by atoms with Crippen molar-refractivity contribution in [2.24, 2.45) is 5.73 Å². The molecule has 1 heterocycles. The Bertz CT molecular complexity index is 475. The minimum absolute atomic E-state index is 0.130. The van der Waals surface area contributed by atoms with Crippen LogP contribution in [0.4, 0.5) is 0 Å². The molecule has 0 bridgehead atoms. The summed E-state index contributed by atoms with van der Waals surface area (Å²) in [6.07, 6.45) is 3.92. The molecule has 4 heteroatoms. The van der Waals surface area contributed by atoms with E-state index in [0.717, 1.165) is 30.7 Å². The molecule has 1 saturated heterocycles. The molecule has 1 atom stereocenters. The maximum Gasteiger partial charge on any atom is 0.0471 e. The number of hydrogen-bond donors (Lipinski definition) is 1. The Kier molecular flexibility index (Phi) is 4.04.